The van der Waals surface area contributed by atoms with Crippen molar-refractivity contribution >= 4 is 21.8 Å². The molecule has 1 aliphatic heterocycles. The van der Waals surface area contributed by atoms with E-state index in [0.717, 1.165) is 36.5 Å². The third-order valence-corrected chi connectivity index (χ3v) is 6.18. The summed E-state index contributed by atoms with van der Waals surface area (Å²) >= 11 is 1.82. The standard InChI is InChI=1S/C15H24N2O2S2/c1-12(2)16-10-13-5-7-15(8-6-13)21(18,19)17-14-4-3-9-20-11-14/h5-8,12,14,16-17H,3-4,9-11H2,1-2H3. The molecule has 1 unspecified atom stereocenters. The second kappa shape index (κ2) is 7.63. The van der Waals surface area contributed by atoms with Crippen molar-refractivity contribution in [2.45, 2.75) is 50.2 Å². The summed E-state index contributed by atoms with van der Waals surface area (Å²) in [7, 11) is -3.39. The quantitative estimate of drug-likeness (QED) is 0.842. The molecule has 1 atom stereocenters. The van der Waals surface area contributed by atoms with E-state index < -0.39 is 10.0 Å². The Labute approximate surface area is 132 Å². The van der Waals surface area contributed by atoms with E-state index in [4.69, 9.17) is 0 Å². The molecule has 1 aliphatic rings. The van der Waals surface area contributed by atoms with E-state index in [1.807, 2.05) is 23.9 Å². The maximum absolute atomic E-state index is 12.3. The summed E-state index contributed by atoms with van der Waals surface area (Å²) in [5.74, 6) is 2.01. The van der Waals surface area contributed by atoms with Crippen molar-refractivity contribution in [3.8, 4) is 0 Å². The van der Waals surface area contributed by atoms with Gasteiger partial charge in [-0.05, 0) is 36.3 Å². The maximum Gasteiger partial charge on any atom is 0.240 e. The van der Waals surface area contributed by atoms with Crippen molar-refractivity contribution in [3.05, 3.63) is 29.8 Å². The summed E-state index contributed by atoms with van der Waals surface area (Å²) in [6.07, 6.45) is 2.01. The van der Waals surface area contributed by atoms with Gasteiger partial charge in [0.1, 0.15) is 0 Å². The third kappa shape index (κ3) is 5.29. The first-order valence-electron chi connectivity index (χ1n) is 7.40. The fraction of sp³-hybridized carbons (Fsp3) is 0.600. The largest absolute Gasteiger partial charge is 0.310 e. The van der Waals surface area contributed by atoms with Crippen LogP contribution >= 0.6 is 11.8 Å². The summed E-state index contributed by atoms with van der Waals surface area (Å²) in [6.45, 7) is 4.93. The average molecular weight is 329 g/mol. The first kappa shape index (κ1) is 16.8. The first-order valence-corrected chi connectivity index (χ1v) is 10.0. The van der Waals surface area contributed by atoms with Gasteiger partial charge in [-0.2, -0.15) is 11.8 Å². The molecule has 0 radical (unpaired) electrons. The highest BCUT2D eigenvalue weighted by Crippen LogP contribution is 2.19. The summed E-state index contributed by atoms with van der Waals surface area (Å²) in [5, 5.41) is 3.32. The van der Waals surface area contributed by atoms with Gasteiger partial charge in [-0.3, -0.25) is 0 Å². The van der Waals surface area contributed by atoms with Gasteiger partial charge in [0.05, 0.1) is 4.90 Å². The SMILES string of the molecule is CC(C)NCc1ccc(S(=O)(=O)NC2CCCSC2)cc1. The summed E-state index contributed by atoms with van der Waals surface area (Å²) < 4.78 is 27.5. The Morgan fingerprint density at radius 2 is 2.00 bits per heavy atom. The average Bonchev–Trinajstić information content (AvgIpc) is 2.46. The lowest BCUT2D eigenvalue weighted by Gasteiger charge is -2.22. The minimum atomic E-state index is -3.39. The van der Waals surface area contributed by atoms with E-state index in [0.29, 0.717) is 10.9 Å². The predicted octanol–water partition coefficient (Wildman–Crippen LogP) is 2.36. The number of hydrogen-bond acceptors (Lipinski definition) is 4. The van der Waals surface area contributed by atoms with Gasteiger partial charge in [0, 0.05) is 24.4 Å². The molecule has 0 amide bonds. The maximum atomic E-state index is 12.3. The zero-order chi connectivity index (χ0) is 15.3. The minimum absolute atomic E-state index is 0.0658. The molecule has 6 heteroatoms. The summed E-state index contributed by atoms with van der Waals surface area (Å²) in [4.78, 5) is 0.353. The molecule has 1 heterocycles. The van der Waals surface area contributed by atoms with Crippen LogP contribution in [0.2, 0.25) is 0 Å². The van der Waals surface area contributed by atoms with Gasteiger partial charge in [0.25, 0.3) is 0 Å². The molecule has 118 valence electrons. The fourth-order valence-electron chi connectivity index (χ4n) is 2.23. The van der Waals surface area contributed by atoms with E-state index in [1.54, 1.807) is 12.1 Å². The van der Waals surface area contributed by atoms with Crippen LogP contribution in [0.15, 0.2) is 29.2 Å². The number of rotatable bonds is 6. The number of thioether (sulfide) groups is 1. The lowest BCUT2D eigenvalue weighted by atomic mass is 10.2. The molecule has 21 heavy (non-hydrogen) atoms. The Morgan fingerprint density at radius 1 is 1.29 bits per heavy atom. The highest BCUT2D eigenvalue weighted by molar-refractivity contribution is 7.99. The normalized spacial score (nSPS) is 19.9. The highest BCUT2D eigenvalue weighted by atomic mass is 32.2. The van der Waals surface area contributed by atoms with E-state index in [2.05, 4.69) is 23.9 Å². The third-order valence-electron chi connectivity index (χ3n) is 3.43. The topological polar surface area (TPSA) is 58.2 Å². The Kier molecular flexibility index (Phi) is 6.10. The molecule has 0 bridgehead atoms. The van der Waals surface area contributed by atoms with Gasteiger partial charge in [0.2, 0.25) is 10.0 Å². The van der Waals surface area contributed by atoms with Gasteiger partial charge >= 0.3 is 0 Å². The molecule has 1 fully saturated rings. The second-order valence-electron chi connectivity index (χ2n) is 5.71. The number of hydrogen-bond donors (Lipinski definition) is 2. The Bertz CT molecular complexity index is 535. The van der Waals surface area contributed by atoms with Gasteiger partial charge in [-0.25, -0.2) is 13.1 Å². The molecule has 1 saturated heterocycles. The molecule has 4 nitrogen and oxygen atoms in total. The van der Waals surface area contributed by atoms with Gasteiger partial charge < -0.3 is 5.32 Å². The lowest BCUT2D eigenvalue weighted by molar-refractivity contribution is 0.543. The smallest absolute Gasteiger partial charge is 0.240 e. The fourth-order valence-corrected chi connectivity index (χ4v) is 4.68. The zero-order valence-electron chi connectivity index (χ0n) is 12.6. The van der Waals surface area contributed by atoms with Crippen LogP contribution in [0.5, 0.6) is 0 Å². The van der Waals surface area contributed by atoms with Crippen molar-refractivity contribution in [2.24, 2.45) is 0 Å². The molecule has 0 aromatic heterocycles. The Morgan fingerprint density at radius 3 is 2.57 bits per heavy atom. The molecule has 2 N–H and O–H groups in total. The van der Waals surface area contributed by atoms with E-state index in [-0.39, 0.29) is 6.04 Å². The van der Waals surface area contributed by atoms with Crippen LogP contribution in [-0.2, 0) is 16.6 Å². The lowest BCUT2D eigenvalue weighted by Crippen LogP contribution is -2.38. The van der Waals surface area contributed by atoms with Crippen LogP contribution in [0.1, 0.15) is 32.3 Å². The van der Waals surface area contributed by atoms with Crippen molar-refractivity contribution in [1.82, 2.24) is 10.0 Å². The van der Waals surface area contributed by atoms with Crippen molar-refractivity contribution in [2.75, 3.05) is 11.5 Å². The monoisotopic (exact) mass is 328 g/mol. The van der Waals surface area contributed by atoms with E-state index >= 15 is 0 Å². The minimum Gasteiger partial charge on any atom is -0.310 e. The van der Waals surface area contributed by atoms with Gasteiger partial charge in [0.15, 0.2) is 0 Å². The molecule has 0 saturated carbocycles. The summed E-state index contributed by atoms with van der Waals surface area (Å²) in [5.41, 5.74) is 1.09. The summed E-state index contributed by atoms with van der Waals surface area (Å²) in [6, 6.07) is 7.61. The molecule has 0 spiro atoms. The zero-order valence-corrected chi connectivity index (χ0v) is 14.3. The molecule has 1 aromatic rings. The van der Waals surface area contributed by atoms with Gasteiger partial charge in [-0.1, -0.05) is 26.0 Å². The molecule has 2 rings (SSSR count). The van der Waals surface area contributed by atoms with E-state index in [1.165, 1.54) is 0 Å². The number of sulfonamides is 1. The van der Waals surface area contributed by atoms with Crippen molar-refractivity contribution < 1.29 is 8.42 Å². The van der Waals surface area contributed by atoms with Crippen LogP contribution in [0.4, 0.5) is 0 Å². The molecular formula is C15H24N2O2S2. The van der Waals surface area contributed by atoms with Crippen molar-refractivity contribution in [1.29, 1.82) is 0 Å². The van der Waals surface area contributed by atoms with Crippen LogP contribution in [0, 0.1) is 0 Å². The molecule has 1 aromatic carbocycles. The van der Waals surface area contributed by atoms with E-state index in [9.17, 15) is 8.42 Å². The molecular weight excluding hydrogens is 304 g/mol. The molecule has 0 aliphatic carbocycles. The van der Waals surface area contributed by atoms with Crippen LogP contribution < -0.4 is 10.0 Å². The Balaban J connectivity index is 1.99. The van der Waals surface area contributed by atoms with Crippen LogP contribution in [0.25, 0.3) is 0 Å². The van der Waals surface area contributed by atoms with Crippen LogP contribution in [0.3, 0.4) is 0 Å². The highest BCUT2D eigenvalue weighted by Gasteiger charge is 2.21. The predicted molar refractivity (Wildman–Crippen MR) is 89.1 cm³/mol. The van der Waals surface area contributed by atoms with Crippen LogP contribution in [-0.4, -0.2) is 32.0 Å². The Hall–Kier alpha value is -0.560. The van der Waals surface area contributed by atoms with Gasteiger partial charge in [-0.15, -0.1) is 0 Å². The number of benzene rings is 1. The number of nitrogens with one attached hydrogen (secondary N) is 2. The second-order valence-corrected chi connectivity index (χ2v) is 8.58. The van der Waals surface area contributed by atoms with Crippen molar-refractivity contribution in [3.63, 3.8) is 0 Å². The first-order chi connectivity index (χ1) is 9.97.